The molecule has 0 spiro atoms. The van der Waals surface area contributed by atoms with E-state index in [9.17, 15) is 0 Å². The second kappa shape index (κ2) is 9.20. The summed E-state index contributed by atoms with van der Waals surface area (Å²) in [5, 5.41) is 4.63. The summed E-state index contributed by atoms with van der Waals surface area (Å²) < 4.78 is 5.28. The van der Waals surface area contributed by atoms with Crippen LogP contribution < -0.4 is 11.1 Å². The van der Waals surface area contributed by atoms with E-state index in [4.69, 9.17) is 10.5 Å². The zero-order valence-corrected chi connectivity index (χ0v) is 12.1. The fourth-order valence-electron chi connectivity index (χ4n) is 2.58. The number of nitrogens with two attached hydrogens (primary N) is 1. The summed E-state index contributed by atoms with van der Waals surface area (Å²) in [5.41, 5.74) is 5.57. The lowest BCUT2D eigenvalue weighted by Gasteiger charge is -2.31. The van der Waals surface area contributed by atoms with Crippen molar-refractivity contribution in [3.05, 3.63) is 0 Å². The summed E-state index contributed by atoms with van der Waals surface area (Å²) in [6.07, 6.45) is 9.79. The van der Waals surface area contributed by atoms with Crippen molar-refractivity contribution in [2.45, 2.75) is 55.9 Å². The largest absolute Gasteiger partial charge is 0.383 e. The van der Waals surface area contributed by atoms with E-state index in [2.05, 4.69) is 11.6 Å². The smallest absolute Gasteiger partial charge is 0.0615 e. The van der Waals surface area contributed by atoms with Gasteiger partial charge in [-0.15, -0.1) is 0 Å². The third-order valence-corrected chi connectivity index (χ3v) is 4.74. The van der Waals surface area contributed by atoms with Gasteiger partial charge in [0.25, 0.3) is 0 Å². The highest BCUT2D eigenvalue weighted by Gasteiger charge is 2.22. The molecule has 1 saturated carbocycles. The molecule has 0 saturated heterocycles. The molecule has 0 aliphatic heterocycles. The Morgan fingerprint density at radius 1 is 1.35 bits per heavy atom. The summed E-state index contributed by atoms with van der Waals surface area (Å²) in [6, 6.07) is 1.18. The predicted molar refractivity (Wildman–Crippen MR) is 76.6 cm³/mol. The first-order chi connectivity index (χ1) is 8.30. The number of thioether (sulfide) groups is 1. The predicted octanol–water partition coefficient (Wildman–Crippen LogP) is 2.00. The van der Waals surface area contributed by atoms with Crippen LogP contribution >= 0.6 is 11.8 Å². The number of methoxy groups -OCH3 is 1. The molecular formula is C13H28N2OS. The van der Waals surface area contributed by atoms with Crippen LogP contribution in [0.3, 0.4) is 0 Å². The summed E-state index contributed by atoms with van der Waals surface area (Å²) in [4.78, 5) is 0. The Kier molecular flexibility index (Phi) is 8.27. The van der Waals surface area contributed by atoms with E-state index >= 15 is 0 Å². The van der Waals surface area contributed by atoms with Gasteiger partial charge in [0.05, 0.1) is 6.61 Å². The topological polar surface area (TPSA) is 47.3 Å². The molecule has 17 heavy (non-hydrogen) atoms. The number of ether oxygens (including phenoxy) is 1. The van der Waals surface area contributed by atoms with Crippen molar-refractivity contribution in [2.75, 3.05) is 26.5 Å². The van der Waals surface area contributed by atoms with Crippen LogP contribution in [-0.2, 0) is 4.74 Å². The van der Waals surface area contributed by atoms with Crippen molar-refractivity contribution in [2.24, 2.45) is 5.73 Å². The van der Waals surface area contributed by atoms with Crippen molar-refractivity contribution in [3.63, 3.8) is 0 Å². The van der Waals surface area contributed by atoms with Crippen molar-refractivity contribution < 1.29 is 4.74 Å². The lowest BCUT2D eigenvalue weighted by Crippen LogP contribution is -2.43. The molecule has 3 N–H and O–H groups in total. The molecule has 1 atom stereocenters. The van der Waals surface area contributed by atoms with Gasteiger partial charge in [0.15, 0.2) is 0 Å². The van der Waals surface area contributed by atoms with E-state index in [0.717, 1.165) is 31.2 Å². The molecule has 1 unspecified atom stereocenters. The molecule has 0 radical (unpaired) electrons. The highest BCUT2D eigenvalue weighted by molar-refractivity contribution is 7.99. The van der Waals surface area contributed by atoms with Gasteiger partial charge >= 0.3 is 0 Å². The van der Waals surface area contributed by atoms with Gasteiger partial charge in [-0.1, -0.05) is 0 Å². The van der Waals surface area contributed by atoms with Crippen LogP contribution in [0.2, 0.25) is 0 Å². The van der Waals surface area contributed by atoms with E-state index in [1.807, 2.05) is 11.8 Å². The standard InChI is InChI=1S/C13H28N2OS/c1-16-10-12(4-3-9-14)15-11-5-7-13(17-2)8-6-11/h11-13,15H,3-10,14H2,1-2H3. The van der Waals surface area contributed by atoms with Gasteiger partial charge in [-0.05, 0) is 51.3 Å². The van der Waals surface area contributed by atoms with Crippen LogP contribution in [-0.4, -0.2) is 43.9 Å². The highest BCUT2D eigenvalue weighted by Crippen LogP contribution is 2.27. The molecular weight excluding hydrogens is 232 g/mol. The van der Waals surface area contributed by atoms with Crippen molar-refractivity contribution in [1.82, 2.24) is 5.32 Å². The van der Waals surface area contributed by atoms with Gasteiger partial charge in [-0.3, -0.25) is 0 Å². The summed E-state index contributed by atoms with van der Waals surface area (Å²) >= 11 is 2.02. The summed E-state index contributed by atoms with van der Waals surface area (Å²) in [5.74, 6) is 0. The Hall–Kier alpha value is 0.230. The Morgan fingerprint density at radius 3 is 2.59 bits per heavy atom. The SMILES string of the molecule is COCC(CCCN)NC1CCC(SC)CC1. The van der Waals surface area contributed by atoms with Crippen LogP contribution in [0.1, 0.15) is 38.5 Å². The minimum atomic E-state index is 0.486. The molecule has 0 amide bonds. The van der Waals surface area contributed by atoms with E-state index in [1.165, 1.54) is 25.7 Å². The fourth-order valence-corrected chi connectivity index (χ4v) is 3.32. The molecule has 0 aromatic heterocycles. The average molecular weight is 260 g/mol. The van der Waals surface area contributed by atoms with Crippen LogP contribution in [0, 0.1) is 0 Å². The Bertz CT molecular complexity index is 184. The lowest BCUT2D eigenvalue weighted by atomic mass is 9.94. The Labute approximate surface area is 110 Å². The fraction of sp³-hybridized carbons (Fsp3) is 1.00. The van der Waals surface area contributed by atoms with E-state index in [0.29, 0.717) is 12.1 Å². The lowest BCUT2D eigenvalue weighted by molar-refractivity contribution is 0.151. The molecule has 0 bridgehead atoms. The average Bonchev–Trinajstić information content (AvgIpc) is 2.37. The normalized spacial score (nSPS) is 27.0. The van der Waals surface area contributed by atoms with Crippen molar-refractivity contribution in [1.29, 1.82) is 0 Å². The molecule has 1 aliphatic rings. The van der Waals surface area contributed by atoms with E-state index < -0.39 is 0 Å². The van der Waals surface area contributed by atoms with Crippen LogP contribution in [0.5, 0.6) is 0 Å². The molecule has 0 heterocycles. The summed E-state index contributed by atoms with van der Waals surface area (Å²) in [7, 11) is 1.78. The van der Waals surface area contributed by atoms with Gasteiger partial charge in [0, 0.05) is 24.4 Å². The minimum absolute atomic E-state index is 0.486. The van der Waals surface area contributed by atoms with Crippen molar-refractivity contribution in [3.8, 4) is 0 Å². The number of hydrogen-bond acceptors (Lipinski definition) is 4. The second-order valence-corrected chi connectivity index (χ2v) is 6.10. The van der Waals surface area contributed by atoms with Gasteiger partial charge in [-0.2, -0.15) is 11.8 Å². The molecule has 1 aliphatic carbocycles. The van der Waals surface area contributed by atoms with Gasteiger partial charge in [-0.25, -0.2) is 0 Å². The van der Waals surface area contributed by atoms with Crippen LogP contribution in [0.25, 0.3) is 0 Å². The van der Waals surface area contributed by atoms with Crippen LogP contribution in [0.4, 0.5) is 0 Å². The first-order valence-electron chi connectivity index (χ1n) is 6.78. The molecule has 4 heteroatoms. The zero-order valence-electron chi connectivity index (χ0n) is 11.3. The Balaban J connectivity index is 2.24. The molecule has 0 aromatic carbocycles. The first kappa shape index (κ1) is 15.3. The maximum Gasteiger partial charge on any atom is 0.0615 e. The quantitative estimate of drug-likeness (QED) is 0.701. The zero-order chi connectivity index (χ0) is 12.5. The van der Waals surface area contributed by atoms with E-state index in [-0.39, 0.29) is 0 Å². The monoisotopic (exact) mass is 260 g/mol. The molecule has 1 fully saturated rings. The third kappa shape index (κ3) is 6.09. The number of rotatable bonds is 8. The van der Waals surface area contributed by atoms with E-state index in [1.54, 1.807) is 7.11 Å². The maximum atomic E-state index is 5.57. The van der Waals surface area contributed by atoms with Gasteiger partial charge in [0.2, 0.25) is 0 Å². The second-order valence-electron chi connectivity index (χ2n) is 4.96. The molecule has 102 valence electrons. The number of nitrogens with one attached hydrogen (secondary N) is 1. The van der Waals surface area contributed by atoms with Gasteiger partial charge in [0.1, 0.15) is 0 Å². The maximum absolute atomic E-state index is 5.57. The first-order valence-corrected chi connectivity index (χ1v) is 8.06. The molecule has 1 rings (SSSR count). The van der Waals surface area contributed by atoms with Crippen molar-refractivity contribution >= 4 is 11.8 Å². The minimum Gasteiger partial charge on any atom is -0.383 e. The Morgan fingerprint density at radius 2 is 2.06 bits per heavy atom. The van der Waals surface area contributed by atoms with Gasteiger partial charge < -0.3 is 15.8 Å². The molecule has 0 aromatic rings. The molecule has 3 nitrogen and oxygen atoms in total. The third-order valence-electron chi connectivity index (χ3n) is 3.60. The number of hydrogen-bond donors (Lipinski definition) is 2. The van der Waals surface area contributed by atoms with Crippen LogP contribution in [0.15, 0.2) is 0 Å². The highest BCUT2D eigenvalue weighted by atomic mass is 32.2. The summed E-state index contributed by atoms with van der Waals surface area (Å²) in [6.45, 7) is 1.59.